The van der Waals surface area contributed by atoms with Crippen molar-refractivity contribution in [3.05, 3.63) is 44.2 Å². The van der Waals surface area contributed by atoms with Crippen LogP contribution >= 0.6 is 23.2 Å². The summed E-state index contributed by atoms with van der Waals surface area (Å²) in [6, 6.07) is 4.68. The van der Waals surface area contributed by atoms with Crippen molar-refractivity contribution in [1.82, 2.24) is 5.32 Å². The smallest absolute Gasteiger partial charge is 0.349 e. The van der Waals surface area contributed by atoms with Crippen LogP contribution in [0.5, 0.6) is 0 Å². The first-order chi connectivity index (χ1) is 12.9. The Morgan fingerprint density at radius 2 is 1.70 bits per heavy atom. The molecule has 4 aliphatic rings. The molecule has 6 rings (SSSR count). The molecular formula is C21H21Cl2NO3. The van der Waals surface area contributed by atoms with E-state index >= 15 is 0 Å². The number of carbonyl (C=O) groups excluding carboxylic acids is 1. The van der Waals surface area contributed by atoms with Crippen LogP contribution < -0.4 is 10.9 Å². The average molecular weight is 406 g/mol. The SMILES string of the molecule is O=C(NCC12CC3CC(CC(C3)C1)C2)c1cc2cc(Cl)cc(Cl)c2oc1=O. The zero-order valence-corrected chi connectivity index (χ0v) is 16.4. The van der Waals surface area contributed by atoms with Crippen molar-refractivity contribution in [2.75, 3.05) is 6.54 Å². The maximum atomic E-state index is 12.7. The lowest BCUT2D eigenvalue weighted by Crippen LogP contribution is -2.51. The third-order valence-electron chi connectivity index (χ3n) is 6.79. The largest absolute Gasteiger partial charge is 0.421 e. The molecule has 6 heteroatoms. The highest BCUT2D eigenvalue weighted by Crippen LogP contribution is 2.59. The molecule has 4 nitrogen and oxygen atoms in total. The number of hydrogen-bond donors (Lipinski definition) is 1. The lowest BCUT2D eigenvalue weighted by Gasteiger charge is -2.56. The van der Waals surface area contributed by atoms with E-state index in [0.29, 0.717) is 17.0 Å². The monoisotopic (exact) mass is 405 g/mol. The van der Waals surface area contributed by atoms with Gasteiger partial charge >= 0.3 is 5.63 Å². The molecule has 0 unspecified atom stereocenters. The highest BCUT2D eigenvalue weighted by molar-refractivity contribution is 6.38. The summed E-state index contributed by atoms with van der Waals surface area (Å²) < 4.78 is 5.29. The number of hydrogen-bond acceptors (Lipinski definition) is 3. The van der Waals surface area contributed by atoms with Gasteiger partial charge in [-0.2, -0.15) is 0 Å². The van der Waals surface area contributed by atoms with Crippen LogP contribution in [0.1, 0.15) is 48.9 Å². The normalized spacial score (nSPS) is 31.4. The molecular weight excluding hydrogens is 385 g/mol. The minimum Gasteiger partial charge on any atom is -0.421 e. The average Bonchev–Trinajstić information content (AvgIpc) is 2.59. The van der Waals surface area contributed by atoms with Crippen molar-refractivity contribution in [1.29, 1.82) is 0 Å². The Morgan fingerprint density at radius 3 is 2.33 bits per heavy atom. The van der Waals surface area contributed by atoms with Crippen molar-refractivity contribution < 1.29 is 9.21 Å². The summed E-state index contributed by atoms with van der Waals surface area (Å²) in [6.07, 6.45) is 7.71. The quantitative estimate of drug-likeness (QED) is 0.726. The molecule has 0 atom stereocenters. The first kappa shape index (κ1) is 17.6. The number of halogens is 2. The summed E-state index contributed by atoms with van der Waals surface area (Å²) in [5, 5.41) is 4.27. The molecule has 4 bridgehead atoms. The fourth-order valence-electron chi connectivity index (χ4n) is 6.19. The van der Waals surface area contributed by atoms with Gasteiger partial charge < -0.3 is 9.73 Å². The van der Waals surface area contributed by atoms with Gasteiger partial charge in [0.25, 0.3) is 5.91 Å². The van der Waals surface area contributed by atoms with Crippen LogP contribution in [0.2, 0.25) is 10.0 Å². The van der Waals surface area contributed by atoms with Gasteiger partial charge in [0.05, 0.1) is 5.02 Å². The van der Waals surface area contributed by atoms with E-state index in [2.05, 4.69) is 5.32 Å². The molecule has 1 N–H and O–H groups in total. The third-order valence-corrected chi connectivity index (χ3v) is 7.28. The van der Waals surface area contributed by atoms with E-state index in [1.165, 1.54) is 50.7 Å². The molecule has 0 spiro atoms. The summed E-state index contributed by atoms with van der Waals surface area (Å²) >= 11 is 12.1. The standard InChI is InChI=1S/C21H21Cl2NO3/c22-15-4-14-5-16(20(26)27-18(14)17(23)6-15)19(25)24-10-21-7-11-1-12(8-21)3-13(2-11)9-21/h4-6,11-13H,1-3,7-10H2,(H,24,25). The molecule has 4 fully saturated rings. The first-order valence-electron chi connectivity index (χ1n) is 9.62. The summed E-state index contributed by atoms with van der Waals surface area (Å²) in [7, 11) is 0. The number of carbonyl (C=O) groups is 1. The van der Waals surface area contributed by atoms with Crippen LogP contribution in [0.15, 0.2) is 27.4 Å². The summed E-state index contributed by atoms with van der Waals surface area (Å²) in [5.74, 6) is 2.09. The Morgan fingerprint density at radius 1 is 1.07 bits per heavy atom. The predicted octanol–water partition coefficient (Wildman–Crippen LogP) is 5.05. The Hall–Kier alpha value is -1.52. The van der Waals surface area contributed by atoms with Gasteiger partial charge in [-0.15, -0.1) is 0 Å². The maximum absolute atomic E-state index is 12.7. The van der Waals surface area contributed by atoms with E-state index < -0.39 is 5.63 Å². The van der Waals surface area contributed by atoms with Crippen molar-refractivity contribution >= 4 is 40.1 Å². The van der Waals surface area contributed by atoms with Gasteiger partial charge in [0.15, 0.2) is 5.58 Å². The highest BCUT2D eigenvalue weighted by atomic mass is 35.5. The van der Waals surface area contributed by atoms with Crippen molar-refractivity contribution in [3.8, 4) is 0 Å². The molecule has 4 saturated carbocycles. The molecule has 0 aliphatic heterocycles. The number of rotatable bonds is 3. The second kappa shape index (κ2) is 6.25. The molecule has 1 aromatic heterocycles. The predicted molar refractivity (Wildman–Crippen MR) is 105 cm³/mol. The van der Waals surface area contributed by atoms with E-state index in [0.717, 1.165) is 17.8 Å². The highest BCUT2D eigenvalue weighted by Gasteiger charge is 2.50. The number of fused-ring (bicyclic) bond motifs is 1. The topological polar surface area (TPSA) is 59.3 Å². The van der Waals surface area contributed by atoms with Gasteiger partial charge in [-0.1, -0.05) is 23.2 Å². The molecule has 0 radical (unpaired) electrons. The van der Waals surface area contributed by atoms with Gasteiger partial charge in [0, 0.05) is 17.0 Å². The van der Waals surface area contributed by atoms with E-state index in [1.54, 1.807) is 6.07 Å². The van der Waals surface area contributed by atoms with E-state index in [1.807, 2.05) is 0 Å². The van der Waals surface area contributed by atoms with Gasteiger partial charge in [-0.05, 0) is 79.9 Å². The van der Waals surface area contributed by atoms with Crippen LogP contribution in [-0.4, -0.2) is 12.5 Å². The van der Waals surface area contributed by atoms with Crippen LogP contribution in [0.25, 0.3) is 11.0 Å². The Labute approximate surface area is 167 Å². The zero-order valence-electron chi connectivity index (χ0n) is 14.9. The molecule has 4 aliphatic carbocycles. The van der Waals surface area contributed by atoms with Crippen molar-refractivity contribution in [2.45, 2.75) is 38.5 Å². The molecule has 1 heterocycles. The Kier molecular flexibility index (Phi) is 4.07. The summed E-state index contributed by atoms with van der Waals surface area (Å²) in [5.41, 5.74) is -0.197. The fraction of sp³-hybridized carbons (Fsp3) is 0.524. The van der Waals surface area contributed by atoms with Crippen LogP contribution in [0, 0.1) is 23.2 Å². The van der Waals surface area contributed by atoms with Gasteiger partial charge in [-0.25, -0.2) is 4.79 Å². The lowest BCUT2D eigenvalue weighted by atomic mass is 9.49. The van der Waals surface area contributed by atoms with Crippen LogP contribution in [0.4, 0.5) is 0 Å². The second-order valence-electron chi connectivity index (χ2n) is 8.85. The molecule has 142 valence electrons. The Bertz CT molecular complexity index is 962. The fourth-order valence-corrected chi connectivity index (χ4v) is 6.73. The van der Waals surface area contributed by atoms with Gasteiger partial charge in [0.1, 0.15) is 5.56 Å². The Balaban J connectivity index is 1.38. The molecule has 2 aromatic rings. The van der Waals surface area contributed by atoms with Crippen LogP contribution in [-0.2, 0) is 0 Å². The van der Waals surface area contributed by atoms with E-state index in [-0.39, 0.29) is 27.5 Å². The number of nitrogens with one attached hydrogen (secondary N) is 1. The van der Waals surface area contributed by atoms with Crippen molar-refractivity contribution in [2.24, 2.45) is 23.2 Å². The minimum absolute atomic E-state index is 0.00515. The first-order valence-corrected chi connectivity index (χ1v) is 10.4. The number of benzene rings is 1. The van der Waals surface area contributed by atoms with Crippen LogP contribution in [0.3, 0.4) is 0 Å². The van der Waals surface area contributed by atoms with Crippen molar-refractivity contribution in [3.63, 3.8) is 0 Å². The zero-order chi connectivity index (χ0) is 18.8. The lowest BCUT2D eigenvalue weighted by molar-refractivity contribution is -0.0503. The third kappa shape index (κ3) is 3.07. The molecule has 1 aromatic carbocycles. The molecule has 27 heavy (non-hydrogen) atoms. The maximum Gasteiger partial charge on any atom is 0.349 e. The summed E-state index contributed by atoms with van der Waals surface area (Å²) in [4.78, 5) is 25.1. The minimum atomic E-state index is -0.672. The molecule has 0 saturated heterocycles. The van der Waals surface area contributed by atoms with E-state index in [4.69, 9.17) is 27.6 Å². The van der Waals surface area contributed by atoms with Gasteiger partial charge in [-0.3, -0.25) is 4.79 Å². The second-order valence-corrected chi connectivity index (χ2v) is 9.70. The number of amides is 1. The summed E-state index contributed by atoms with van der Waals surface area (Å²) in [6.45, 7) is 0.642. The van der Waals surface area contributed by atoms with E-state index in [9.17, 15) is 9.59 Å². The molecule has 1 amide bonds. The van der Waals surface area contributed by atoms with Gasteiger partial charge in [0.2, 0.25) is 0 Å².